The van der Waals surface area contributed by atoms with E-state index in [1.165, 1.54) is 0 Å². The molecule has 0 aliphatic carbocycles. The quantitative estimate of drug-likeness (QED) is 0.435. The third kappa shape index (κ3) is 8.64. The standard InChI is InChI=1S/C17H31NO3/c1-13(2)15(12-19)11-17(21)18(5)10-8-6-7-9-16(20)14(3)4/h12-15H,6-11H2,1-5H3. The van der Waals surface area contributed by atoms with Gasteiger partial charge in [0, 0.05) is 38.3 Å². The monoisotopic (exact) mass is 297 g/mol. The molecule has 0 saturated heterocycles. The Morgan fingerprint density at radius 3 is 2.14 bits per heavy atom. The summed E-state index contributed by atoms with van der Waals surface area (Å²) in [5.74, 6) is 0.459. The summed E-state index contributed by atoms with van der Waals surface area (Å²) < 4.78 is 0. The Labute approximate surface area is 129 Å². The Kier molecular flexibility index (Phi) is 9.93. The van der Waals surface area contributed by atoms with Crippen LogP contribution in [0.3, 0.4) is 0 Å². The largest absolute Gasteiger partial charge is 0.346 e. The van der Waals surface area contributed by atoms with Gasteiger partial charge in [-0.25, -0.2) is 0 Å². The molecule has 0 rings (SSSR count). The van der Waals surface area contributed by atoms with Gasteiger partial charge < -0.3 is 9.69 Å². The fraction of sp³-hybridized carbons (Fsp3) is 0.824. The number of amides is 1. The lowest BCUT2D eigenvalue weighted by atomic mass is 9.93. The highest BCUT2D eigenvalue weighted by atomic mass is 16.2. The molecule has 0 radical (unpaired) electrons. The molecule has 0 aliphatic heterocycles. The fourth-order valence-corrected chi connectivity index (χ4v) is 2.04. The summed E-state index contributed by atoms with van der Waals surface area (Å²) in [5.41, 5.74) is 0. The molecule has 0 bridgehead atoms. The molecule has 1 unspecified atom stereocenters. The summed E-state index contributed by atoms with van der Waals surface area (Å²) in [6, 6.07) is 0. The zero-order valence-corrected chi connectivity index (χ0v) is 14.2. The van der Waals surface area contributed by atoms with Gasteiger partial charge in [-0.05, 0) is 18.8 Å². The Morgan fingerprint density at radius 1 is 1.05 bits per heavy atom. The van der Waals surface area contributed by atoms with Crippen LogP contribution < -0.4 is 0 Å². The molecule has 0 heterocycles. The molecule has 21 heavy (non-hydrogen) atoms. The fourth-order valence-electron chi connectivity index (χ4n) is 2.04. The number of hydrogen-bond donors (Lipinski definition) is 0. The first kappa shape index (κ1) is 19.8. The predicted octanol–water partition coefficient (Wildman–Crippen LogP) is 3.09. The van der Waals surface area contributed by atoms with Gasteiger partial charge in [0.25, 0.3) is 0 Å². The van der Waals surface area contributed by atoms with Crippen molar-refractivity contribution in [2.24, 2.45) is 17.8 Å². The average molecular weight is 297 g/mol. The summed E-state index contributed by atoms with van der Waals surface area (Å²) in [6.45, 7) is 8.45. The number of aldehydes is 1. The minimum absolute atomic E-state index is 0.0269. The molecule has 4 heteroatoms. The van der Waals surface area contributed by atoms with Gasteiger partial charge in [-0.2, -0.15) is 0 Å². The topological polar surface area (TPSA) is 54.5 Å². The normalized spacial score (nSPS) is 12.5. The second kappa shape index (κ2) is 10.5. The van der Waals surface area contributed by atoms with E-state index < -0.39 is 0 Å². The van der Waals surface area contributed by atoms with Crippen LogP contribution in [0.1, 0.15) is 59.8 Å². The van der Waals surface area contributed by atoms with Crippen molar-refractivity contribution in [3.63, 3.8) is 0 Å². The van der Waals surface area contributed by atoms with Crippen molar-refractivity contribution in [1.29, 1.82) is 0 Å². The van der Waals surface area contributed by atoms with Crippen LogP contribution in [0.15, 0.2) is 0 Å². The van der Waals surface area contributed by atoms with Crippen molar-refractivity contribution in [3.05, 3.63) is 0 Å². The lowest BCUT2D eigenvalue weighted by molar-refractivity contribution is -0.133. The highest BCUT2D eigenvalue weighted by Crippen LogP contribution is 2.14. The van der Waals surface area contributed by atoms with Gasteiger partial charge >= 0.3 is 0 Å². The molecule has 1 atom stereocenters. The first-order valence-electron chi connectivity index (χ1n) is 8.01. The van der Waals surface area contributed by atoms with Crippen LogP contribution in [-0.2, 0) is 14.4 Å². The van der Waals surface area contributed by atoms with Gasteiger partial charge in [-0.3, -0.25) is 9.59 Å². The molecule has 0 aromatic heterocycles. The SMILES string of the molecule is CC(C)C(=O)CCCCCN(C)C(=O)CC(C=O)C(C)C. The molecule has 0 aromatic carbocycles. The number of Topliss-reactive ketones (excluding diaryl/α,β-unsaturated/α-hetero) is 1. The van der Waals surface area contributed by atoms with Crippen LogP contribution >= 0.6 is 0 Å². The lowest BCUT2D eigenvalue weighted by Crippen LogP contribution is -2.30. The second-order valence-electron chi connectivity index (χ2n) is 6.50. The maximum absolute atomic E-state index is 12.0. The van der Waals surface area contributed by atoms with E-state index >= 15 is 0 Å². The van der Waals surface area contributed by atoms with Crippen molar-refractivity contribution in [2.75, 3.05) is 13.6 Å². The number of hydrogen-bond acceptors (Lipinski definition) is 3. The van der Waals surface area contributed by atoms with E-state index in [4.69, 9.17) is 0 Å². The van der Waals surface area contributed by atoms with Crippen molar-refractivity contribution in [2.45, 2.75) is 59.8 Å². The third-order valence-corrected chi connectivity index (χ3v) is 3.93. The molecule has 0 aliphatic rings. The van der Waals surface area contributed by atoms with Gasteiger partial charge in [0.05, 0.1) is 0 Å². The van der Waals surface area contributed by atoms with Crippen LogP contribution in [0.25, 0.3) is 0 Å². The highest BCUT2D eigenvalue weighted by molar-refractivity contribution is 5.80. The van der Waals surface area contributed by atoms with Crippen LogP contribution in [0.5, 0.6) is 0 Å². The maximum atomic E-state index is 12.0. The van der Waals surface area contributed by atoms with E-state index in [0.29, 0.717) is 25.2 Å². The number of unbranched alkanes of at least 4 members (excludes halogenated alkanes) is 2. The van der Waals surface area contributed by atoms with Crippen LogP contribution in [0.2, 0.25) is 0 Å². The molecule has 1 amide bonds. The van der Waals surface area contributed by atoms with Crippen molar-refractivity contribution in [1.82, 2.24) is 4.90 Å². The second-order valence-corrected chi connectivity index (χ2v) is 6.50. The van der Waals surface area contributed by atoms with E-state index in [-0.39, 0.29) is 23.7 Å². The minimum Gasteiger partial charge on any atom is -0.346 e. The summed E-state index contributed by atoms with van der Waals surface area (Å²) in [6.07, 6.45) is 4.56. The first-order chi connectivity index (χ1) is 9.79. The Balaban J connectivity index is 3.88. The average Bonchev–Trinajstić information content (AvgIpc) is 2.42. The molecule has 0 aromatic rings. The highest BCUT2D eigenvalue weighted by Gasteiger charge is 2.19. The van der Waals surface area contributed by atoms with Crippen LogP contribution in [-0.4, -0.2) is 36.5 Å². The van der Waals surface area contributed by atoms with E-state index in [2.05, 4.69) is 0 Å². The summed E-state index contributed by atoms with van der Waals surface area (Å²) in [7, 11) is 1.78. The molecular weight excluding hydrogens is 266 g/mol. The molecule has 0 spiro atoms. The third-order valence-electron chi connectivity index (χ3n) is 3.93. The zero-order chi connectivity index (χ0) is 16.4. The van der Waals surface area contributed by atoms with E-state index in [1.807, 2.05) is 27.7 Å². The van der Waals surface area contributed by atoms with E-state index in [1.54, 1.807) is 11.9 Å². The minimum atomic E-state index is -0.191. The smallest absolute Gasteiger partial charge is 0.223 e. The zero-order valence-electron chi connectivity index (χ0n) is 14.2. The van der Waals surface area contributed by atoms with Gasteiger partial charge in [0.15, 0.2) is 0 Å². The molecular formula is C17H31NO3. The summed E-state index contributed by atoms with van der Waals surface area (Å²) >= 11 is 0. The predicted molar refractivity (Wildman–Crippen MR) is 85.0 cm³/mol. The van der Waals surface area contributed by atoms with Gasteiger partial charge in [0.1, 0.15) is 12.1 Å². The van der Waals surface area contributed by atoms with Gasteiger partial charge in [-0.1, -0.05) is 34.1 Å². The number of carbonyl (C=O) groups is 3. The Morgan fingerprint density at radius 2 is 1.67 bits per heavy atom. The summed E-state index contributed by atoms with van der Waals surface area (Å²) in [5, 5.41) is 0. The van der Waals surface area contributed by atoms with Gasteiger partial charge in [0.2, 0.25) is 5.91 Å². The molecule has 4 nitrogen and oxygen atoms in total. The molecule has 0 fully saturated rings. The number of nitrogens with zero attached hydrogens (tertiary/aromatic N) is 1. The Bertz CT molecular complexity index is 337. The Hall–Kier alpha value is -1.19. The van der Waals surface area contributed by atoms with Crippen LogP contribution in [0.4, 0.5) is 0 Å². The van der Waals surface area contributed by atoms with E-state index in [9.17, 15) is 14.4 Å². The van der Waals surface area contributed by atoms with Crippen molar-refractivity contribution in [3.8, 4) is 0 Å². The van der Waals surface area contributed by atoms with Crippen molar-refractivity contribution >= 4 is 18.0 Å². The van der Waals surface area contributed by atoms with Crippen LogP contribution in [0, 0.1) is 17.8 Å². The summed E-state index contributed by atoms with van der Waals surface area (Å²) in [4.78, 5) is 36.1. The lowest BCUT2D eigenvalue weighted by Gasteiger charge is -2.20. The molecule has 0 N–H and O–H groups in total. The van der Waals surface area contributed by atoms with Crippen molar-refractivity contribution < 1.29 is 14.4 Å². The van der Waals surface area contributed by atoms with Gasteiger partial charge in [-0.15, -0.1) is 0 Å². The number of carbonyl (C=O) groups excluding carboxylic acids is 3. The molecule has 122 valence electrons. The van der Waals surface area contributed by atoms with E-state index in [0.717, 1.165) is 25.5 Å². The molecule has 0 saturated carbocycles. The maximum Gasteiger partial charge on any atom is 0.223 e. The first-order valence-corrected chi connectivity index (χ1v) is 8.01. The number of rotatable bonds is 11. The number of ketones is 1.